The van der Waals surface area contributed by atoms with Gasteiger partial charge < -0.3 is 25.6 Å². The Balaban J connectivity index is 4.16. The molecule has 0 aromatic rings. The number of carboxylic acid groups (broad SMARTS) is 1. The number of aliphatic hydroxyl groups excluding tert-OH is 1. The maximum atomic E-state index is 12.9. The van der Waals surface area contributed by atoms with Crippen molar-refractivity contribution in [1.29, 1.82) is 0 Å². The van der Waals surface area contributed by atoms with Crippen LogP contribution in [0.5, 0.6) is 0 Å². The lowest BCUT2D eigenvalue weighted by Crippen LogP contribution is -2.47. The number of carboxylic acids is 1. The Bertz CT molecular complexity index is 1090. The first-order valence-electron chi connectivity index (χ1n) is 26.2. The molecule has 2 atom stereocenters. The maximum Gasteiger partial charge on any atom is 0.328 e. The largest absolute Gasteiger partial charge is 0.480 e. The summed E-state index contributed by atoms with van der Waals surface area (Å²) in [6.45, 7) is 3.50. The van der Waals surface area contributed by atoms with Crippen molar-refractivity contribution < 1.29 is 34.1 Å². The third-order valence-electron chi connectivity index (χ3n) is 12.0. The zero-order valence-corrected chi connectivity index (χ0v) is 40.4. The van der Waals surface area contributed by atoms with Crippen molar-refractivity contribution in [3.63, 3.8) is 0 Å². The van der Waals surface area contributed by atoms with E-state index in [4.69, 9.17) is 14.9 Å². The molecule has 0 saturated carbocycles. The average Bonchev–Trinajstić information content (AvgIpc) is 3.26. The molecule has 9 nitrogen and oxygen atoms in total. The highest BCUT2D eigenvalue weighted by molar-refractivity contribution is 5.87. The van der Waals surface area contributed by atoms with Gasteiger partial charge in [0.25, 0.3) is 0 Å². The van der Waals surface area contributed by atoms with Gasteiger partial charge in [0.2, 0.25) is 11.8 Å². The van der Waals surface area contributed by atoms with E-state index in [2.05, 4.69) is 48.8 Å². The summed E-state index contributed by atoms with van der Waals surface area (Å²) in [5.74, 6) is -2.27. The highest BCUT2D eigenvalue weighted by atomic mass is 16.5. The minimum atomic E-state index is -1.38. The molecular weight excluding hydrogens is 777 g/mol. The minimum absolute atomic E-state index is 0.0111. The van der Waals surface area contributed by atoms with E-state index in [1.807, 2.05) is 0 Å². The van der Waals surface area contributed by atoms with Crippen molar-refractivity contribution in [3.05, 3.63) is 24.3 Å². The second-order valence-electron chi connectivity index (χ2n) is 18.0. The molecule has 0 aromatic heterocycles. The van der Waals surface area contributed by atoms with Gasteiger partial charge in [-0.25, -0.2) is 4.79 Å². The number of ether oxygens (including phenoxy) is 1. The number of unbranched alkanes of at least 4 members (excludes halogenated alkanes) is 30. The molecule has 2 unspecified atom stereocenters. The molecule has 2 amide bonds. The number of esters is 1. The van der Waals surface area contributed by atoms with E-state index in [-0.39, 0.29) is 24.5 Å². The number of aliphatic carboxylic acids is 1. The molecule has 9 heteroatoms. The molecule has 0 fully saturated rings. The number of allylic oxidation sites excluding steroid dienone is 4. The van der Waals surface area contributed by atoms with E-state index in [1.165, 1.54) is 167 Å². The zero-order valence-electron chi connectivity index (χ0n) is 40.4. The molecule has 62 heavy (non-hydrogen) atoms. The normalized spacial score (nSPS) is 12.6. The summed E-state index contributed by atoms with van der Waals surface area (Å²) >= 11 is 0. The van der Waals surface area contributed by atoms with Crippen molar-refractivity contribution in [2.45, 2.75) is 276 Å². The number of carbonyl (C=O) groups excluding carboxylic acids is 3. The van der Waals surface area contributed by atoms with Crippen LogP contribution in [0.3, 0.4) is 0 Å². The van der Waals surface area contributed by atoms with Crippen LogP contribution in [0.1, 0.15) is 264 Å². The molecule has 362 valence electrons. The van der Waals surface area contributed by atoms with Gasteiger partial charge in [-0.15, -0.1) is 0 Å². The topological polar surface area (TPSA) is 142 Å². The lowest BCUT2D eigenvalue weighted by atomic mass is 10.0. The Morgan fingerprint density at radius 3 is 1.29 bits per heavy atom. The minimum Gasteiger partial charge on any atom is -0.480 e. The Morgan fingerprint density at radius 1 is 0.484 bits per heavy atom. The third kappa shape index (κ3) is 43.9. The number of hydrogen-bond donors (Lipinski definition) is 4. The molecule has 0 radical (unpaired) electrons. The molecule has 0 aliphatic rings. The molecule has 0 heterocycles. The summed E-state index contributed by atoms with van der Waals surface area (Å²) in [7, 11) is 0. The molecule has 0 aliphatic heterocycles. The zero-order chi connectivity index (χ0) is 45.4. The highest BCUT2D eigenvalue weighted by Gasteiger charge is 2.19. The van der Waals surface area contributed by atoms with Gasteiger partial charge in [-0.3, -0.25) is 14.4 Å². The summed E-state index contributed by atoms with van der Waals surface area (Å²) in [6.07, 6.45) is 55.0. The number of hydrogen-bond acceptors (Lipinski definition) is 6. The van der Waals surface area contributed by atoms with E-state index in [9.17, 15) is 19.2 Å². The van der Waals surface area contributed by atoms with Gasteiger partial charge in [-0.2, -0.15) is 0 Å². The molecule has 0 spiro atoms. The molecule has 0 saturated heterocycles. The van der Waals surface area contributed by atoms with E-state index < -0.39 is 24.5 Å². The van der Waals surface area contributed by atoms with Crippen LogP contribution in [-0.2, 0) is 23.9 Å². The molecule has 0 aliphatic carbocycles. The monoisotopic (exact) mass is 875 g/mol. The summed E-state index contributed by atoms with van der Waals surface area (Å²) < 4.78 is 6.06. The number of nitrogens with one attached hydrogen (secondary N) is 2. The first-order chi connectivity index (χ1) is 30.3. The van der Waals surface area contributed by atoms with Gasteiger partial charge in [0.15, 0.2) is 0 Å². The van der Waals surface area contributed by atoms with Crippen LogP contribution in [0, 0.1) is 0 Å². The van der Waals surface area contributed by atoms with Crippen LogP contribution in [0.4, 0.5) is 0 Å². The summed E-state index contributed by atoms with van der Waals surface area (Å²) in [4.78, 5) is 47.8. The molecule has 0 aromatic carbocycles. The Labute approximate surface area is 381 Å². The maximum absolute atomic E-state index is 12.9. The van der Waals surface area contributed by atoms with Crippen LogP contribution in [-0.4, -0.2) is 59.3 Å². The summed E-state index contributed by atoms with van der Waals surface area (Å²) in [6, 6.07) is -1.38. The van der Waals surface area contributed by atoms with Crippen LogP contribution >= 0.6 is 0 Å². The number of amides is 2. The third-order valence-corrected chi connectivity index (χ3v) is 12.0. The summed E-state index contributed by atoms with van der Waals surface area (Å²) in [5, 5.41) is 22.6. The molecule has 0 bridgehead atoms. The van der Waals surface area contributed by atoms with E-state index in [1.54, 1.807) is 0 Å². The fourth-order valence-corrected chi connectivity index (χ4v) is 7.92. The Morgan fingerprint density at radius 2 is 0.871 bits per heavy atom. The van der Waals surface area contributed by atoms with Crippen LogP contribution < -0.4 is 10.6 Å². The Kier molecular flexibility index (Phi) is 45.7. The molecular formula is C53H98N2O7. The first kappa shape index (κ1) is 59.3. The molecule has 4 N–H and O–H groups in total. The average molecular weight is 875 g/mol. The van der Waals surface area contributed by atoms with Crippen molar-refractivity contribution in [1.82, 2.24) is 10.6 Å². The number of rotatable bonds is 48. The fourth-order valence-electron chi connectivity index (χ4n) is 7.92. The summed E-state index contributed by atoms with van der Waals surface area (Å²) in [5.41, 5.74) is 0. The first-order valence-corrected chi connectivity index (χ1v) is 26.2. The van der Waals surface area contributed by atoms with Crippen LogP contribution in [0.15, 0.2) is 24.3 Å². The van der Waals surface area contributed by atoms with Gasteiger partial charge >= 0.3 is 11.9 Å². The van der Waals surface area contributed by atoms with Gasteiger partial charge in [-0.1, -0.05) is 205 Å². The van der Waals surface area contributed by atoms with Gasteiger partial charge in [-0.05, 0) is 70.6 Å². The Hall–Kier alpha value is -2.68. The fraction of sp³-hybridized carbons (Fsp3) is 0.849. The predicted molar refractivity (Wildman–Crippen MR) is 259 cm³/mol. The smallest absolute Gasteiger partial charge is 0.328 e. The van der Waals surface area contributed by atoms with Crippen molar-refractivity contribution in [2.75, 3.05) is 13.2 Å². The lowest BCUT2D eigenvalue weighted by Gasteiger charge is -2.18. The van der Waals surface area contributed by atoms with Crippen molar-refractivity contribution >= 4 is 23.8 Å². The van der Waals surface area contributed by atoms with Crippen LogP contribution in [0.25, 0.3) is 0 Å². The quantitative estimate of drug-likeness (QED) is 0.0271. The van der Waals surface area contributed by atoms with Crippen molar-refractivity contribution in [3.8, 4) is 0 Å². The number of carbonyl (C=O) groups is 4. The van der Waals surface area contributed by atoms with E-state index in [0.29, 0.717) is 19.3 Å². The lowest BCUT2D eigenvalue weighted by molar-refractivity contribution is -0.150. The van der Waals surface area contributed by atoms with Gasteiger partial charge in [0.05, 0.1) is 13.2 Å². The standard InChI is InChI=1S/C53H98N2O7/c1-3-5-7-9-11-13-15-16-17-18-19-20-21-22-23-24-25-26-28-30-32-37-41-45-52(59)62-48(42-38-34-31-29-27-14-12-10-8-6-4-2)43-39-35-33-36-40-44-50(57)54-46-51(58)55-49(47-56)53(60)61/h15-16,18-19,48-49,56H,3-14,17,20-47H2,1-2H3,(H,54,57)(H,55,58)(H,60,61)/b16-15-,19-18-. The van der Waals surface area contributed by atoms with Crippen LogP contribution in [0.2, 0.25) is 0 Å². The second kappa shape index (κ2) is 47.8. The SMILES string of the molecule is CCCCCCC/C=C\C/C=C\CCCCCCCCCCCCCC(=O)OC(CCCCCCCCCCCCC)CCCCCCCC(=O)NCC(=O)NC(CO)C(=O)O. The van der Waals surface area contributed by atoms with Gasteiger partial charge in [0.1, 0.15) is 12.1 Å². The number of aliphatic hydroxyl groups is 1. The highest BCUT2D eigenvalue weighted by Crippen LogP contribution is 2.19. The van der Waals surface area contributed by atoms with E-state index >= 15 is 0 Å². The van der Waals surface area contributed by atoms with Crippen molar-refractivity contribution in [2.24, 2.45) is 0 Å². The van der Waals surface area contributed by atoms with Gasteiger partial charge in [0, 0.05) is 12.8 Å². The van der Waals surface area contributed by atoms with E-state index in [0.717, 1.165) is 64.2 Å². The predicted octanol–water partition coefficient (Wildman–Crippen LogP) is 13.9. The molecule has 0 rings (SSSR count). The second-order valence-corrected chi connectivity index (χ2v) is 18.0.